The molecule has 0 aromatic heterocycles. The predicted molar refractivity (Wildman–Crippen MR) is 89.6 cm³/mol. The van der Waals surface area contributed by atoms with E-state index in [0.29, 0.717) is 11.3 Å². The summed E-state index contributed by atoms with van der Waals surface area (Å²) < 4.78 is 0. The molecule has 0 N–H and O–H groups in total. The number of allylic oxidation sites excluding steroid dienone is 1. The molecule has 4 rings (SSSR count). The smallest absolute Gasteiger partial charge is 0.00677 e. The molecule has 2 aliphatic carbocycles. The van der Waals surface area contributed by atoms with Crippen LogP contribution in [0, 0.1) is 5.41 Å². The van der Waals surface area contributed by atoms with Crippen LogP contribution in [0.15, 0.2) is 48.5 Å². The molecule has 1 atom stereocenters. The highest BCUT2D eigenvalue weighted by molar-refractivity contribution is 5.65. The van der Waals surface area contributed by atoms with E-state index in [2.05, 4.69) is 68.5 Å². The largest absolute Gasteiger partial charge is 0.0760 e. The van der Waals surface area contributed by atoms with Gasteiger partial charge in [0.25, 0.3) is 0 Å². The molecule has 0 saturated carbocycles. The van der Waals surface area contributed by atoms with Gasteiger partial charge in [-0.15, -0.1) is 0 Å². The summed E-state index contributed by atoms with van der Waals surface area (Å²) in [6.07, 6.45) is 8.29. The number of rotatable bonds is 2. The molecule has 21 heavy (non-hydrogen) atoms. The van der Waals surface area contributed by atoms with Gasteiger partial charge in [-0.05, 0) is 52.5 Å². The van der Waals surface area contributed by atoms with E-state index in [1.54, 1.807) is 11.1 Å². The molecule has 0 saturated heterocycles. The Balaban J connectivity index is 1.66. The third-order valence-electron chi connectivity index (χ3n) is 4.95. The molecule has 0 bridgehead atoms. The summed E-state index contributed by atoms with van der Waals surface area (Å²) in [6, 6.07) is 15.8. The Bertz CT molecular complexity index is 704. The van der Waals surface area contributed by atoms with Crippen molar-refractivity contribution in [1.82, 2.24) is 0 Å². The topological polar surface area (TPSA) is 0 Å². The number of hydrogen-bond donors (Lipinski definition) is 0. The predicted octanol–water partition coefficient (Wildman–Crippen LogP) is 5.16. The van der Waals surface area contributed by atoms with Crippen molar-refractivity contribution in [3.63, 3.8) is 0 Å². The number of hydrogen-bond acceptors (Lipinski definition) is 0. The van der Waals surface area contributed by atoms with E-state index >= 15 is 0 Å². The Morgan fingerprint density at radius 1 is 1.00 bits per heavy atom. The fourth-order valence-electron chi connectivity index (χ4n) is 3.99. The van der Waals surface area contributed by atoms with E-state index in [9.17, 15) is 0 Å². The first-order valence-electron chi connectivity index (χ1n) is 7.99. The summed E-state index contributed by atoms with van der Waals surface area (Å²) in [5, 5.41) is 0. The highest BCUT2D eigenvalue weighted by Crippen LogP contribution is 2.41. The lowest BCUT2D eigenvalue weighted by Crippen LogP contribution is -2.09. The third-order valence-corrected chi connectivity index (χ3v) is 4.95. The zero-order valence-electron chi connectivity index (χ0n) is 12.9. The maximum atomic E-state index is 2.49. The molecule has 0 amide bonds. The molecule has 2 aliphatic rings. The van der Waals surface area contributed by atoms with E-state index < -0.39 is 0 Å². The van der Waals surface area contributed by atoms with Gasteiger partial charge in [0.15, 0.2) is 0 Å². The van der Waals surface area contributed by atoms with Crippen molar-refractivity contribution in [2.75, 3.05) is 0 Å². The van der Waals surface area contributed by atoms with Gasteiger partial charge in [0.05, 0.1) is 0 Å². The van der Waals surface area contributed by atoms with Gasteiger partial charge in [0, 0.05) is 5.92 Å². The minimum Gasteiger partial charge on any atom is -0.0760 e. The second kappa shape index (κ2) is 4.59. The van der Waals surface area contributed by atoms with Gasteiger partial charge >= 0.3 is 0 Å². The van der Waals surface area contributed by atoms with Crippen molar-refractivity contribution >= 4 is 6.08 Å². The van der Waals surface area contributed by atoms with Crippen molar-refractivity contribution in [2.24, 2.45) is 5.41 Å². The highest BCUT2D eigenvalue weighted by atomic mass is 14.3. The molecular weight excluding hydrogens is 252 g/mol. The third kappa shape index (κ3) is 2.33. The van der Waals surface area contributed by atoms with Crippen LogP contribution < -0.4 is 0 Å². The maximum Gasteiger partial charge on any atom is 0.00677 e. The van der Waals surface area contributed by atoms with Crippen LogP contribution in [0.3, 0.4) is 0 Å². The first-order chi connectivity index (χ1) is 10.1. The van der Waals surface area contributed by atoms with Crippen molar-refractivity contribution in [1.29, 1.82) is 0 Å². The summed E-state index contributed by atoms with van der Waals surface area (Å²) in [5.74, 6) is 0.552. The zero-order chi connectivity index (χ0) is 14.4. The van der Waals surface area contributed by atoms with Crippen molar-refractivity contribution in [3.8, 4) is 0 Å². The van der Waals surface area contributed by atoms with Crippen LogP contribution in [0.4, 0.5) is 0 Å². The van der Waals surface area contributed by atoms with E-state index in [0.717, 1.165) is 6.42 Å². The average molecular weight is 274 g/mol. The molecule has 106 valence electrons. The molecule has 0 spiro atoms. The first kappa shape index (κ1) is 12.9. The van der Waals surface area contributed by atoms with Crippen LogP contribution >= 0.6 is 0 Å². The zero-order valence-corrected chi connectivity index (χ0v) is 12.9. The van der Waals surface area contributed by atoms with Gasteiger partial charge in [0.2, 0.25) is 0 Å². The average Bonchev–Trinajstić information content (AvgIpc) is 2.96. The second-order valence-electron chi connectivity index (χ2n) is 7.42. The fraction of sp³-hybridized carbons (Fsp3) is 0.333. The molecule has 1 unspecified atom stereocenters. The van der Waals surface area contributed by atoms with Crippen LogP contribution in [0.5, 0.6) is 0 Å². The summed E-state index contributed by atoms with van der Waals surface area (Å²) in [6.45, 7) is 4.77. The second-order valence-corrected chi connectivity index (χ2v) is 7.42. The lowest BCUT2D eigenvalue weighted by atomic mass is 9.90. The van der Waals surface area contributed by atoms with Gasteiger partial charge in [-0.3, -0.25) is 0 Å². The van der Waals surface area contributed by atoms with E-state index in [1.165, 1.54) is 29.5 Å². The van der Waals surface area contributed by atoms with Crippen LogP contribution in [0.25, 0.3) is 6.08 Å². The standard InChI is InChI=1S/C21H22/c1-21(2)13-18-11-17-9-8-16(20(17)12-19(18)14-21)10-15-6-4-3-5-7-15/h3-9,11-12,16H,10,13-14H2,1-2H3. The monoisotopic (exact) mass is 274 g/mol. The van der Waals surface area contributed by atoms with Crippen LogP contribution in [0.2, 0.25) is 0 Å². The molecule has 0 nitrogen and oxygen atoms in total. The van der Waals surface area contributed by atoms with Gasteiger partial charge in [0.1, 0.15) is 0 Å². The molecule has 0 heterocycles. The maximum absolute atomic E-state index is 2.49. The Morgan fingerprint density at radius 2 is 1.71 bits per heavy atom. The van der Waals surface area contributed by atoms with Crippen molar-refractivity contribution < 1.29 is 0 Å². The minimum absolute atomic E-state index is 0.441. The van der Waals surface area contributed by atoms with E-state index in [1.807, 2.05) is 0 Å². The van der Waals surface area contributed by atoms with E-state index in [4.69, 9.17) is 0 Å². The molecule has 2 aromatic carbocycles. The normalized spacial score (nSPS) is 21.3. The summed E-state index contributed by atoms with van der Waals surface area (Å²) >= 11 is 0. The molecule has 0 radical (unpaired) electrons. The lowest BCUT2D eigenvalue weighted by Gasteiger charge is -2.15. The lowest BCUT2D eigenvalue weighted by molar-refractivity contribution is 0.392. The Labute approximate surface area is 127 Å². The van der Waals surface area contributed by atoms with Crippen LogP contribution in [0.1, 0.15) is 47.6 Å². The fourth-order valence-corrected chi connectivity index (χ4v) is 3.99. The molecule has 2 aromatic rings. The van der Waals surface area contributed by atoms with Crippen molar-refractivity contribution in [2.45, 2.75) is 39.0 Å². The van der Waals surface area contributed by atoms with E-state index in [-0.39, 0.29) is 0 Å². The molecule has 0 fully saturated rings. The first-order valence-corrected chi connectivity index (χ1v) is 7.99. The van der Waals surface area contributed by atoms with Gasteiger partial charge in [-0.25, -0.2) is 0 Å². The highest BCUT2D eigenvalue weighted by Gasteiger charge is 2.30. The van der Waals surface area contributed by atoms with Crippen LogP contribution in [-0.2, 0) is 19.3 Å². The number of fused-ring (bicyclic) bond motifs is 2. The number of benzene rings is 2. The van der Waals surface area contributed by atoms with Gasteiger partial charge in [-0.1, -0.05) is 68.5 Å². The quantitative estimate of drug-likeness (QED) is 0.709. The Hall–Kier alpha value is -1.82. The SMILES string of the molecule is CC1(C)Cc2cc3c(cc2C1)C(Cc1ccccc1)C=C3. The molecular formula is C21H22. The Kier molecular flexibility index (Phi) is 2.82. The molecule has 0 aliphatic heterocycles. The summed E-state index contributed by atoms with van der Waals surface area (Å²) in [4.78, 5) is 0. The molecule has 0 heteroatoms. The van der Waals surface area contributed by atoms with Crippen molar-refractivity contribution in [3.05, 3.63) is 76.4 Å². The van der Waals surface area contributed by atoms with Gasteiger partial charge < -0.3 is 0 Å². The van der Waals surface area contributed by atoms with Gasteiger partial charge in [-0.2, -0.15) is 0 Å². The summed E-state index contributed by atoms with van der Waals surface area (Å²) in [7, 11) is 0. The van der Waals surface area contributed by atoms with Crippen LogP contribution in [-0.4, -0.2) is 0 Å². The Morgan fingerprint density at radius 3 is 2.48 bits per heavy atom. The minimum atomic E-state index is 0.441. The summed E-state index contributed by atoms with van der Waals surface area (Å²) in [5.41, 5.74) is 8.02.